The molecule has 1 aromatic heterocycles. The summed E-state index contributed by atoms with van der Waals surface area (Å²) in [7, 11) is 0. The van der Waals surface area contributed by atoms with Gasteiger partial charge in [-0.3, -0.25) is 9.59 Å². The maximum Gasteiger partial charge on any atom is 0.254 e. The maximum absolute atomic E-state index is 14.5. The van der Waals surface area contributed by atoms with E-state index in [0.29, 0.717) is 29.1 Å². The van der Waals surface area contributed by atoms with Crippen LogP contribution in [0, 0.1) is 5.82 Å². The van der Waals surface area contributed by atoms with Gasteiger partial charge in [-0.25, -0.2) is 9.37 Å². The first-order valence-electron chi connectivity index (χ1n) is 10.7. The van der Waals surface area contributed by atoms with Crippen molar-refractivity contribution in [1.82, 2.24) is 15.3 Å². The fourth-order valence-corrected chi connectivity index (χ4v) is 3.65. The highest BCUT2D eigenvalue weighted by molar-refractivity contribution is 5.95. The van der Waals surface area contributed by atoms with Crippen LogP contribution in [0.4, 0.5) is 4.39 Å². The number of hydrogen-bond acceptors (Lipinski definition) is 4. The molecule has 0 saturated carbocycles. The lowest BCUT2D eigenvalue weighted by Crippen LogP contribution is -2.31. The number of H-pyrrole nitrogens is 1. The van der Waals surface area contributed by atoms with Gasteiger partial charge in [0.05, 0.1) is 23.5 Å². The van der Waals surface area contributed by atoms with Crippen LogP contribution in [0.2, 0.25) is 0 Å². The molecule has 7 nitrogen and oxygen atoms in total. The van der Waals surface area contributed by atoms with Crippen LogP contribution in [0.5, 0.6) is 0 Å². The summed E-state index contributed by atoms with van der Waals surface area (Å²) in [6, 6.07) is 20.2. The fraction of sp³-hybridized carbons (Fsp3) is 0.115. The number of nitrogens with zero attached hydrogens (tertiary/aromatic N) is 1. The largest absolute Gasteiger partial charge is 0.366 e. The molecular formula is C26H24FN5O2. The molecule has 0 saturated heterocycles. The summed E-state index contributed by atoms with van der Waals surface area (Å²) in [5.74, 6) is -1.17. The highest BCUT2D eigenvalue weighted by Crippen LogP contribution is 2.23. The number of amides is 2. The number of carbonyl (C=O) groups excluding carboxylic acids is 2. The van der Waals surface area contributed by atoms with Gasteiger partial charge in [-0.2, -0.15) is 0 Å². The lowest BCUT2D eigenvalue weighted by Gasteiger charge is -2.17. The van der Waals surface area contributed by atoms with Crippen molar-refractivity contribution in [3.8, 4) is 11.3 Å². The third-order valence-electron chi connectivity index (χ3n) is 5.51. The molecule has 8 heteroatoms. The summed E-state index contributed by atoms with van der Waals surface area (Å²) in [6.07, 6.45) is 2.10. The molecule has 1 unspecified atom stereocenters. The van der Waals surface area contributed by atoms with Gasteiger partial charge in [0.1, 0.15) is 11.6 Å². The van der Waals surface area contributed by atoms with Crippen LogP contribution in [0.1, 0.15) is 43.7 Å². The molecule has 4 aromatic rings. The molecule has 6 N–H and O–H groups in total. The molecule has 0 radical (unpaired) electrons. The molecular weight excluding hydrogens is 433 g/mol. The highest BCUT2D eigenvalue weighted by atomic mass is 19.1. The highest BCUT2D eigenvalue weighted by Gasteiger charge is 2.22. The average Bonchev–Trinajstić information content (AvgIpc) is 3.34. The van der Waals surface area contributed by atoms with Crippen LogP contribution in [0.3, 0.4) is 0 Å². The molecule has 0 fully saturated rings. The van der Waals surface area contributed by atoms with Gasteiger partial charge in [-0.1, -0.05) is 48.5 Å². The second-order valence-corrected chi connectivity index (χ2v) is 7.86. The van der Waals surface area contributed by atoms with E-state index in [0.717, 1.165) is 11.1 Å². The normalized spacial score (nSPS) is 11.7. The monoisotopic (exact) mass is 457 g/mol. The van der Waals surface area contributed by atoms with E-state index in [1.807, 2.05) is 30.3 Å². The first-order valence-corrected chi connectivity index (χ1v) is 10.7. The molecule has 0 aliphatic carbocycles. The number of nitrogens with one attached hydrogen (secondary N) is 2. The summed E-state index contributed by atoms with van der Waals surface area (Å²) < 4.78 is 14.5. The van der Waals surface area contributed by atoms with E-state index in [4.69, 9.17) is 11.5 Å². The minimum atomic E-state index is -0.631. The Balaban J connectivity index is 1.61. The third-order valence-corrected chi connectivity index (χ3v) is 5.51. The fourth-order valence-electron chi connectivity index (χ4n) is 3.65. The zero-order valence-electron chi connectivity index (χ0n) is 18.3. The predicted octanol–water partition coefficient (Wildman–Crippen LogP) is 3.49. The van der Waals surface area contributed by atoms with E-state index in [1.54, 1.807) is 36.5 Å². The third kappa shape index (κ3) is 5.19. The van der Waals surface area contributed by atoms with Gasteiger partial charge in [0.2, 0.25) is 5.91 Å². The second-order valence-electron chi connectivity index (χ2n) is 7.86. The maximum atomic E-state index is 14.5. The Labute approximate surface area is 196 Å². The smallest absolute Gasteiger partial charge is 0.254 e. The first-order chi connectivity index (χ1) is 16.4. The summed E-state index contributed by atoms with van der Waals surface area (Å²) in [6.45, 7) is 0.186. The topological polar surface area (TPSA) is 127 Å². The van der Waals surface area contributed by atoms with Gasteiger partial charge in [-0.05, 0) is 47.4 Å². The molecule has 4 rings (SSSR count). The number of rotatable bonds is 8. The van der Waals surface area contributed by atoms with Crippen molar-refractivity contribution >= 4 is 11.8 Å². The molecule has 0 aliphatic heterocycles. The Morgan fingerprint density at radius 2 is 1.74 bits per heavy atom. The summed E-state index contributed by atoms with van der Waals surface area (Å²) in [4.78, 5) is 32.0. The summed E-state index contributed by atoms with van der Waals surface area (Å²) in [5, 5.41) is 2.90. The van der Waals surface area contributed by atoms with Crippen molar-refractivity contribution < 1.29 is 14.0 Å². The van der Waals surface area contributed by atoms with E-state index in [2.05, 4.69) is 15.3 Å². The zero-order chi connectivity index (χ0) is 24.1. The van der Waals surface area contributed by atoms with Crippen LogP contribution < -0.4 is 16.8 Å². The van der Waals surface area contributed by atoms with Crippen molar-refractivity contribution in [3.05, 3.63) is 113 Å². The minimum Gasteiger partial charge on any atom is -0.366 e. The van der Waals surface area contributed by atoms with E-state index in [9.17, 15) is 14.0 Å². The van der Waals surface area contributed by atoms with E-state index < -0.39 is 23.7 Å². The van der Waals surface area contributed by atoms with Crippen molar-refractivity contribution in [3.63, 3.8) is 0 Å². The van der Waals surface area contributed by atoms with E-state index >= 15 is 0 Å². The van der Waals surface area contributed by atoms with Gasteiger partial charge in [0.15, 0.2) is 0 Å². The Bertz CT molecular complexity index is 1300. The molecule has 1 atom stereocenters. The Kier molecular flexibility index (Phi) is 6.79. The quantitative estimate of drug-likeness (QED) is 0.323. The number of aromatic amines is 1. The Hall–Kier alpha value is -4.30. The molecule has 2 amide bonds. The number of imidazole rings is 1. The summed E-state index contributed by atoms with van der Waals surface area (Å²) >= 11 is 0. The van der Waals surface area contributed by atoms with Crippen molar-refractivity contribution in [2.75, 3.05) is 0 Å². The molecule has 0 bridgehead atoms. The van der Waals surface area contributed by atoms with Gasteiger partial charge >= 0.3 is 0 Å². The average molecular weight is 458 g/mol. The van der Waals surface area contributed by atoms with Crippen LogP contribution in [-0.4, -0.2) is 21.8 Å². The van der Waals surface area contributed by atoms with E-state index in [-0.39, 0.29) is 12.1 Å². The minimum absolute atomic E-state index is 0.0657. The number of hydrogen-bond donors (Lipinski definition) is 4. The van der Waals surface area contributed by atoms with Crippen LogP contribution in [0.25, 0.3) is 11.3 Å². The number of carbonyl (C=O) groups is 2. The number of aromatic nitrogens is 2. The molecule has 34 heavy (non-hydrogen) atoms. The molecule has 3 aromatic carbocycles. The number of halogens is 1. The summed E-state index contributed by atoms with van der Waals surface area (Å²) in [5.41, 5.74) is 14.3. The predicted molar refractivity (Wildman–Crippen MR) is 127 cm³/mol. The van der Waals surface area contributed by atoms with Crippen molar-refractivity contribution in [2.45, 2.75) is 19.0 Å². The number of primary amides is 1. The zero-order valence-corrected chi connectivity index (χ0v) is 18.3. The van der Waals surface area contributed by atoms with Crippen molar-refractivity contribution in [1.29, 1.82) is 0 Å². The Morgan fingerprint density at radius 3 is 2.38 bits per heavy atom. The van der Waals surface area contributed by atoms with Gasteiger partial charge < -0.3 is 21.8 Å². The number of benzene rings is 3. The molecule has 172 valence electrons. The van der Waals surface area contributed by atoms with Gasteiger partial charge in [-0.15, -0.1) is 0 Å². The SMILES string of the molecule is NCc1ccc(C(=O)NC(Cc2ccccc2)c2ncc(-c3ccc(C(N)=O)cc3)[nH]2)c(F)c1. The van der Waals surface area contributed by atoms with Gasteiger partial charge in [0, 0.05) is 12.1 Å². The second kappa shape index (κ2) is 10.1. The standard InChI is InChI=1S/C26H24FN5O2/c27-21-12-17(14-28)6-11-20(21)26(34)32-22(13-16-4-2-1-3-5-16)25-30-15-23(31-25)18-7-9-19(10-8-18)24(29)33/h1-12,15,22H,13-14,28H2,(H2,29,33)(H,30,31)(H,32,34). The van der Waals surface area contributed by atoms with Gasteiger partial charge in [0.25, 0.3) is 5.91 Å². The van der Waals surface area contributed by atoms with Crippen molar-refractivity contribution in [2.24, 2.45) is 11.5 Å². The molecule has 0 aliphatic rings. The Morgan fingerprint density at radius 1 is 1.00 bits per heavy atom. The van der Waals surface area contributed by atoms with E-state index in [1.165, 1.54) is 12.1 Å². The van der Waals surface area contributed by atoms with Crippen LogP contribution >= 0.6 is 0 Å². The lowest BCUT2D eigenvalue weighted by atomic mass is 10.0. The molecule has 1 heterocycles. The number of nitrogens with two attached hydrogens (primary N) is 2. The molecule has 0 spiro atoms. The first kappa shape index (κ1) is 22.9. The lowest BCUT2D eigenvalue weighted by molar-refractivity contribution is 0.0929. The van der Waals surface area contributed by atoms with Crippen LogP contribution in [-0.2, 0) is 13.0 Å². The van der Waals surface area contributed by atoms with Crippen LogP contribution in [0.15, 0.2) is 79.0 Å².